The second-order valence-electron chi connectivity index (χ2n) is 1.63. The van der Waals surface area contributed by atoms with Crippen molar-refractivity contribution in [1.29, 1.82) is 0 Å². The van der Waals surface area contributed by atoms with Crippen molar-refractivity contribution in [2.75, 3.05) is 6.61 Å². The maximum atomic E-state index is 8.70. The van der Waals surface area contributed by atoms with E-state index in [2.05, 4.69) is 0 Å². The van der Waals surface area contributed by atoms with Gasteiger partial charge in [0.05, 0.1) is 6.10 Å². The van der Waals surface area contributed by atoms with E-state index in [4.69, 9.17) is 16.8 Å². The van der Waals surface area contributed by atoms with Gasteiger partial charge in [-0.25, -0.2) is 0 Å². The molecule has 0 aromatic rings. The summed E-state index contributed by atoms with van der Waals surface area (Å²) >= 11 is 0. The van der Waals surface area contributed by atoms with E-state index in [-0.39, 0.29) is 6.61 Å². The first-order valence-corrected chi connectivity index (χ1v) is 2.65. The van der Waals surface area contributed by atoms with Crippen LogP contribution in [0.5, 0.6) is 0 Å². The van der Waals surface area contributed by atoms with Gasteiger partial charge in [-0.05, 0) is 12.8 Å². The van der Waals surface area contributed by atoms with Crippen LogP contribution in [0.4, 0.5) is 0 Å². The molecule has 0 bridgehead atoms. The lowest BCUT2D eigenvalue weighted by Crippen LogP contribution is -2.01. The molecule has 0 aliphatic rings. The summed E-state index contributed by atoms with van der Waals surface area (Å²) in [5.41, 5.74) is 0. The van der Waals surface area contributed by atoms with E-state index >= 15 is 0 Å². The summed E-state index contributed by atoms with van der Waals surface area (Å²) < 4.78 is 0. The summed E-state index contributed by atoms with van der Waals surface area (Å²) in [6.07, 6.45) is 1.82. The van der Waals surface area contributed by atoms with E-state index < -0.39 is 6.10 Å². The largest absolute Gasteiger partial charge is 0.396 e. The van der Waals surface area contributed by atoms with E-state index in [1.807, 2.05) is 0 Å². The molecule has 8 heavy (non-hydrogen) atoms. The number of rotatable bonds is 4. The molecule has 2 N–H and O–H groups in total. The maximum Gasteiger partial charge on any atom is 0.0724 e. The zero-order valence-electron chi connectivity index (χ0n) is 4.75. The van der Waals surface area contributed by atoms with Crippen LogP contribution in [0.1, 0.15) is 12.8 Å². The Labute approximate surface area is 49.5 Å². The molecule has 2 nitrogen and oxygen atoms in total. The molecule has 0 aliphatic carbocycles. The van der Waals surface area contributed by atoms with E-state index in [0.717, 1.165) is 0 Å². The van der Waals surface area contributed by atoms with Gasteiger partial charge in [-0.3, -0.25) is 0 Å². The lowest BCUT2D eigenvalue weighted by atomic mass is 10.2. The highest BCUT2D eigenvalue weighted by molar-refractivity contribution is 4.74. The highest BCUT2D eigenvalue weighted by Gasteiger charge is 1.94. The molecule has 0 rings (SSSR count). The van der Waals surface area contributed by atoms with Crippen LogP contribution < -0.4 is 0 Å². The highest BCUT2D eigenvalue weighted by Crippen LogP contribution is 1.94. The third-order valence-electron chi connectivity index (χ3n) is 0.880. The number of aliphatic hydroxyl groups excluding tert-OH is 2. The van der Waals surface area contributed by atoms with Gasteiger partial charge in [0.15, 0.2) is 0 Å². The SMILES string of the molecule is [CH]=CC(O)CCCO. The smallest absolute Gasteiger partial charge is 0.0724 e. The minimum atomic E-state index is -0.554. The fourth-order valence-electron chi connectivity index (χ4n) is 0.397. The van der Waals surface area contributed by atoms with Gasteiger partial charge in [-0.2, -0.15) is 0 Å². The van der Waals surface area contributed by atoms with Crippen LogP contribution in [0.15, 0.2) is 6.08 Å². The Morgan fingerprint density at radius 3 is 2.62 bits per heavy atom. The minimum absolute atomic E-state index is 0.116. The second kappa shape index (κ2) is 4.81. The molecular formula is C6H11O2. The van der Waals surface area contributed by atoms with Crippen LogP contribution in [-0.2, 0) is 0 Å². The summed E-state index contributed by atoms with van der Waals surface area (Å²) in [6, 6.07) is 0. The van der Waals surface area contributed by atoms with Crippen LogP contribution in [-0.4, -0.2) is 22.9 Å². The molecular weight excluding hydrogens is 104 g/mol. The average molecular weight is 115 g/mol. The molecule has 0 aromatic carbocycles. The number of hydrogen-bond acceptors (Lipinski definition) is 2. The zero-order valence-corrected chi connectivity index (χ0v) is 4.75. The molecule has 0 saturated carbocycles. The number of aliphatic hydroxyl groups is 2. The van der Waals surface area contributed by atoms with E-state index in [0.29, 0.717) is 12.8 Å². The van der Waals surface area contributed by atoms with E-state index in [1.165, 1.54) is 6.08 Å². The van der Waals surface area contributed by atoms with Crippen molar-refractivity contribution in [1.82, 2.24) is 0 Å². The fourth-order valence-corrected chi connectivity index (χ4v) is 0.397. The molecule has 0 amide bonds. The quantitative estimate of drug-likeness (QED) is 0.546. The molecule has 0 aromatic heterocycles. The van der Waals surface area contributed by atoms with Crippen LogP contribution >= 0.6 is 0 Å². The summed E-state index contributed by atoms with van der Waals surface area (Å²) in [5, 5.41) is 16.9. The van der Waals surface area contributed by atoms with Gasteiger partial charge < -0.3 is 10.2 Å². The van der Waals surface area contributed by atoms with Crippen LogP contribution in [0, 0.1) is 6.58 Å². The number of hydrogen-bond donors (Lipinski definition) is 2. The monoisotopic (exact) mass is 115 g/mol. The Balaban J connectivity index is 2.98. The fraction of sp³-hybridized carbons (Fsp3) is 0.667. The zero-order chi connectivity index (χ0) is 6.41. The predicted octanol–water partition coefficient (Wildman–Crippen LogP) is 0.109. The molecule has 2 heteroatoms. The topological polar surface area (TPSA) is 40.5 Å². The van der Waals surface area contributed by atoms with Gasteiger partial charge in [0, 0.05) is 6.61 Å². The molecule has 0 heterocycles. The maximum absolute atomic E-state index is 8.70. The molecule has 0 spiro atoms. The molecule has 1 unspecified atom stereocenters. The third-order valence-corrected chi connectivity index (χ3v) is 0.880. The Bertz CT molecular complexity index is 61.5. The molecule has 0 aliphatic heterocycles. The van der Waals surface area contributed by atoms with Crippen LogP contribution in [0.3, 0.4) is 0 Å². The van der Waals surface area contributed by atoms with Gasteiger partial charge in [0.25, 0.3) is 0 Å². The van der Waals surface area contributed by atoms with E-state index in [9.17, 15) is 0 Å². The first-order valence-electron chi connectivity index (χ1n) is 2.65. The van der Waals surface area contributed by atoms with Crippen molar-refractivity contribution < 1.29 is 10.2 Å². The average Bonchev–Trinajstić information content (AvgIpc) is 1.83. The minimum Gasteiger partial charge on any atom is -0.396 e. The Morgan fingerprint density at radius 2 is 2.25 bits per heavy atom. The van der Waals surface area contributed by atoms with E-state index in [1.54, 1.807) is 0 Å². The molecule has 1 atom stereocenters. The van der Waals surface area contributed by atoms with Crippen molar-refractivity contribution >= 4 is 0 Å². The van der Waals surface area contributed by atoms with Crippen molar-refractivity contribution in [3.63, 3.8) is 0 Å². The van der Waals surface area contributed by atoms with Crippen LogP contribution in [0.2, 0.25) is 0 Å². The second-order valence-corrected chi connectivity index (χ2v) is 1.63. The standard InChI is InChI=1S/C6H11O2/c1-2-6(8)4-3-5-7/h1-2,6-8H,3-5H2. The summed E-state index contributed by atoms with van der Waals surface area (Å²) in [5.74, 6) is 0. The van der Waals surface area contributed by atoms with Crippen molar-refractivity contribution in [3.8, 4) is 0 Å². The molecule has 1 radical (unpaired) electrons. The van der Waals surface area contributed by atoms with Crippen molar-refractivity contribution in [3.05, 3.63) is 12.7 Å². The van der Waals surface area contributed by atoms with Gasteiger partial charge >= 0.3 is 0 Å². The molecule has 0 saturated heterocycles. The Hall–Kier alpha value is -0.340. The third kappa shape index (κ3) is 3.84. The normalized spacial score (nSPS) is 13.2. The summed E-state index contributed by atoms with van der Waals surface area (Å²) in [4.78, 5) is 0. The lowest BCUT2D eigenvalue weighted by Gasteiger charge is -1.99. The van der Waals surface area contributed by atoms with Crippen molar-refractivity contribution in [2.45, 2.75) is 18.9 Å². The van der Waals surface area contributed by atoms with Crippen molar-refractivity contribution in [2.24, 2.45) is 0 Å². The Kier molecular flexibility index (Phi) is 4.61. The van der Waals surface area contributed by atoms with Gasteiger partial charge in [-0.15, -0.1) is 0 Å². The Morgan fingerprint density at radius 1 is 1.62 bits per heavy atom. The van der Waals surface area contributed by atoms with Crippen LogP contribution in [0.25, 0.3) is 0 Å². The van der Waals surface area contributed by atoms with Gasteiger partial charge in [-0.1, -0.05) is 12.7 Å². The lowest BCUT2D eigenvalue weighted by molar-refractivity contribution is 0.190. The first kappa shape index (κ1) is 7.66. The predicted molar refractivity (Wildman–Crippen MR) is 31.2 cm³/mol. The molecule has 0 fully saturated rings. The van der Waals surface area contributed by atoms with Gasteiger partial charge in [0.2, 0.25) is 0 Å². The van der Waals surface area contributed by atoms with Gasteiger partial charge in [0.1, 0.15) is 0 Å². The summed E-state index contributed by atoms with van der Waals surface area (Å²) in [6.45, 7) is 5.07. The molecule has 47 valence electrons. The summed E-state index contributed by atoms with van der Waals surface area (Å²) in [7, 11) is 0. The first-order chi connectivity index (χ1) is 3.81. The highest BCUT2D eigenvalue weighted by atomic mass is 16.3.